The van der Waals surface area contributed by atoms with Crippen molar-refractivity contribution in [3.05, 3.63) is 51.5 Å². The highest BCUT2D eigenvalue weighted by Gasteiger charge is 2.14. The third kappa shape index (κ3) is 3.02. The summed E-state index contributed by atoms with van der Waals surface area (Å²) in [5.41, 5.74) is -0.116. The Labute approximate surface area is 118 Å². The SMILES string of the molecule is COCCn1c(-c2cc(F)cc(F)c2)c(Cl)ncc1=O. The van der Waals surface area contributed by atoms with E-state index in [0.717, 1.165) is 24.4 Å². The van der Waals surface area contributed by atoms with Gasteiger partial charge < -0.3 is 9.30 Å². The molecule has 2 rings (SSSR count). The van der Waals surface area contributed by atoms with Crippen LogP contribution in [0.1, 0.15) is 0 Å². The highest BCUT2D eigenvalue weighted by molar-refractivity contribution is 6.31. The summed E-state index contributed by atoms with van der Waals surface area (Å²) in [5.74, 6) is -1.52. The Morgan fingerprint density at radius 2 is 1.95 bits per heavy atom. The second-order valence-electron chi connectivity index (χ2n) is 4.04. The van der Waals surface area contributed by atoms with Gasteiger partial charge in [0.2, 0.25) is 0 Å². The van der Waals surface area contributed by atoms with Crippen LogP contribution in [0, 0.1) is 11.6 Å². The Hall–Kier alpha value is -1.79. The first-order chi connectivity index (χ1) is 9.52. The maximum Gasteiger partial charge on any atom is 0.269 e. The first-order valence-electron chi connectivity index (χ1n) is 5.73. The molecule has 0 fully saturated rings. The summed E-state index contributed by atoms with van der Waals surface area (Å²) in [6.45, 7) is 0.454. The first-order valence-corrected chi connectivity index (χ1v) is 6.11. The summed E-state index contributed by atoms with van der Waals surface area (Å²) in [6, 6.07) is 2.93. The number of rotatable bonds is 4. The lowest BCUT2D eigenvalue weighted by atomic mass is 10.1. The fraction of sp³-hybridized carbons (Fsp3) is 0.231. The number of benzene rings is 1. The van der Waals surface area contributed by atoms with E-state index in [1.165, 1.54) is 11.7 Å². The number of nitrogens with zero attached hydrogens (tertiary/aromatic N) is 2. The van der Waals surface area contributed by atoms with E-state index in [0.29, 0.717) is 0 Å². The van der Waals surface area contributed by atoms with Crippen LogP contribution in [0.4, 0.5) is 8.78 Å². The normalized spacial score (nSPS) is 10.8. The maximum atomic E-state index is 13.3. The fourth-order valence-electron chi connectivity index (χ4n) is 1.83. The molecular weight excluding hydrogens is 290 g/mol. The van der Waals surface area contributed by atoms with Gasteiger partial charge in [-0.25, -0.2) is 13.8 Å². The van der Waals surface area contributed by atoms with E-state index >= 15 is 0 Å². The lowest BCUT2D eigenvalue weighted by Gasteiger charge is -2.13. The molecule has 0 saturated heterocycles. The number of hydrogen-bond acceptors (Lipinski definition) is 3. The molecule has 0 spiro atoms. The highest BCUT2D eigenvalue weighted by atomic mass is 35.5. The minimum Gasteiger partial charge on any atom is -0.383 e. The van der Waals surface area contributed by atoms with Crippen molar-refractivity contribution in [2.45, 2.75) is 6.54 Å². The van der Waals surface area contributed by atoms with Gasteiger partial charge in [-0.3, -0.25) is 4.79 Å². The Bertz CT molecular complexity index is 668. The number of aromatic nitrogens is 2. The molecule has 4 nitrogen and oxygen atoms in total. The van der Waals surface area contributed by atoms with Crippen molar-refractivity contribution in [3.8, 4) is 11.3 Å². The average molecular weight is 301 g/mol. The van der Waals surface area contributed by atoms with Gasteiger partial charge in [-0.05, 0) is 12.1 Å². The molecule has 0 atom stereocenters. The molecule has 0 amide bonds. The number of ether oxygens (including phenoxy) is 1. The van der Waals surface area contributed by atoms with Crippen LogP contribution in [-0.2, 0) is 11.3 Å². The second-order valence-corrected chi connectivity index (χ2v) is 4.40. The van der Waals surface area contributed by atoms with Gasteiger partial charge >= 0.3 is 0 Å². The molecule has 7 heteroatoms. The predicted octanol–water partition coefficient (Wildman–Crippen LogP) is 2.49. The minimum absolute atomic E-state index is 0.00861. The van der Waals surface area contributed by atoms with Crippen LogP contribution in [-0.4, -0.2) is 23.3 Å². The summed E-state index contributed by atoms with van der Waals surface area (Å²) >= 11 is 5.96. The van der Waals surface area contributed by atoms with Crippen LogP contribution in [0.25, 0.3) is 11.3 Å². The quantitative estimate of drug-likeness (QED) is 0.871. The zero-order chi connectivity index (χ0) is 14.7. The van der Waals surface area contributed by atoms with Crippen molar-refractivity contribution in [1.29, 1.82) is 0 Å². The van der Waals surface area contributed by atoms with Gasteiger partial charge in [0.25, 0.3) is 5.56 Å². The molecule has 0 unspecified atom stereocenters. The maximum absolute atomic E-state index is 13.3. The molecule has 0 aliphatic heterocycles. The molecule has 0 N–H and O–H groups in total. The van der Waals surface area contributed by atoms with Crippen LogP contribution >= 0.6 is 11.6 Å². The van der Waals surface area contributed by atoms with Crippen molar-refractivity contribution in [2.75, 3.05) is 13.7 Å². The van der Waals surface area contributed by atoms with E-state index in [9.17, 15) is 13.6 Å². The van der Waals surface area contributed by atoms with E-state index in [-0.39, 0.29) is 29.6 Å². The van der Waals surface area contributed by atoms with Gasteiger partial charge in [-0.15, -0.1) is 0 Å². The van der Waals surface area contributed by atoms with Crippen molar-refractivity contribution in [2.24, 2.45) is 0 Å². The smallest absolute Gasteiger partial charge is 0.269 e. The summed E-state index contributed by atoms with van der Waals surface area (Å²) in [4.78, 5) is 15.6. The summed E-state index contributed by atoms with van der Waals surface area (Å²) in [7, 11) is 1.48. The van der Waals surface area contributed by atoms with Gasteiger partial charge in [-0.1, -0.05) is 11.6 Å². The summed E-state index contributed by atoms with van der Waals surface area (Å²) < 4.78 is 32.8. The number of hydrogen-bond donors (Lipinski definition) is 0. The fourth-order valence-corrected chi connectivity index (χ4v) is 2.09. The van der Waals surface area contributed by atoms with Crippen LogP contribution < -0.4 is 5.56 Å². The number of methoxy groups -OCH3 is 1. The zero-order valence-electron chi connectivity index (χ0n) is 10.6. The van der Waals surface area contributed by atoms with Gasteiger partial charge in [0.05, 0.1) is 18.5 Å². The third-order valence-corrected chi connectivity index (χ3v) is 2.95. The Balaban J connectivity index is 2.65. The first kappa shape index (κ1) is 14.6. The molecule has 0 bridgehead atoms. The molecule has 106 valence electrons. The standard InChI is InChI=1S/C13H11ClF2N2O2/c1-20-3-2-18-11(19)7-17-13(14)12(18)8-4-9(15)6-10(16)5-8/h4-7H,2-3H2,1H3. The van der Waals surface area contributed by atoms with E-state index < -0.39 is 17.2 Å². The Morgan fingerprint density at radius 3 is 2.55 bits per heavy atom. The van der Waals surface area contributed by atoms with Gasteiger partial charge in [0.15, 0.2) is 5.15 Å². The molecule has 20 heavy (non-hydrogen) atoms. The molecule has 1 heterocycles. The third-order valence-electron chi connectivity index (χ3n) is 2.67. The molecule has 0 aliphatic rings. The van der Waals surface area contributed by atoms with Crippen molar-refractivity contribution < 1.29 is 13.5 Å². The Morgan fingerprint density at radius 1 is 1.30 bits per heavy atom. The molecule has 1 aromatic heterocycles. The zero-order valence-corrected chi connectivity index (χ0v) is 11.3. The van der Waals surface area contributed by atoms with Crippen LogP contribution in [0.2, 0.25) is 5.15 Å². The summed E-state index contributed by atoms with van der Waals surface area (Å²) in [6.07, 6.45) is 1.05. The van der Waals surface area contributed by atoms with Crippen LogP contribution in [0.3, 0.4) is 0 Å². The van der Waals surface area contributed by atoms with Gasteiger partial charge in [0, 0.05) is 25.3 Å². The van der Waals surface area contributed by atoms with Gasteiger partial charge in [0.1, 0.15) is 11.6 Å². The van der Waals surface area contributed by atoms with Crippen LogP contribution in [0.15, 0.2) is 29.2 Å². The van der Waals surface area contributed by atoms with Crippen molar-refractivity contribution in [1.82, 2.24) is 9.55 Å². The van der Waals surface area contributed by atoms with Crippen molar-refractivity contribution >= 4 is 11.6 Å². The predicted molar refractivity (Wildman–Crippen MR) is 70.7 cm³/mol. The van der Waals surface area contributed by atoms with Crippen molar-refractivity contribution in [3.63, 3.8) is 0 Å². The van der Waals surface area contributed by atoms with Gasteiger partial charge in [-0.2, -0.15) is 0 Å². The average Bonchev–Trinajstić information content (AvgIpc) is 2.38. The Kier molecular flexibility index (Phi) is 4.46. The largest absolute Gasteiger partial charge is 0.383 e. The molecule has 2 aromatic rings. The molecule has 0 aliphatic carbocycles. The lowest BCUT2D eigenvalue weighted by Crippen LogP contribution is -2.24. The highest BCUT2D eigenvalue weighted by Crippen LogP contribution is 2.26. The minimum atomic E-state index is -0.759. The van der Waals surface area contributed by atoms with E-state index in [1.54, 1.807) is 0 Å². The monoisotopic (exact) mass is 300 g/mol. The molecule has 0 radical (unpaired) electrons. The number of halogens is 3. The lowest BCUT2D eigenvalue weighted by molar-refractivity contribution is 0.186. The molecular formula is C13H11ClF2N2O2. The second kappa shape index (κ2) is 6.11. The topological polar surface area (TPSA) is 44.1 Å². The van der Waals surface area contributed by atoms with Crippen LogP contribution in [0.5, 0.6) is 0 Å². The van der Waals surface area contributed by atoms with E-state index in [4.69, 9.17) is 16.3 Å². The molecule has 1 aromatic carbocycles. The van der Waals surface area contributed by atoms with E-state index in [2.05, 4.69) is 4.98 Å². The van der Waals surface area contributed by atoms with E-state index in [1.807, 2.05) is 0 Å². The summed E-state index contributed by atoms with van der Waals surface area (Å²) in [5, 5.41) is -0.00861. The molecule has 0 saturated carbocycles.